The van der Waals surface area contributed by atoms with Crippen LogP contribution in [-0.4, -0.2) is 46.4 Å². The van der Waals surface area contributed by atoms with Gasteiger partial charge in [-0.05, 0) is 53.8 Å². The van der Waals surface area contributed by atoms with E-state index in [2.05, 4.69) is 15.6 Å². The molecule has 1 aromatic heterocycles. The number of nitrogens with one attached hydrogen (secondary N) is 2. The summed E-state index contributed by atoms with van der Waals surface area (Å²) in [5.74, 6) is -1.87. The molecule has 3 N–H and O–H groups in total. The second kappa shape index (κ2) is 9.67. The fraction of sp³-hybridized carbons (Fsp3) is 0.300. The van der Waals surface area contributed by atoms with Crippen LogP contribution in [0.3, 0.4) is 0 Å². The first-order chi connectivity index (χ1) is 14.3. The molecule has 0 fully saturated rings. The number of nitrogens with zero attached hydrogens (tertiary/aromatic N) is 2. The third kappa shape index (κ3) is 4.87. The Kier molecular flexibility index (Phi) is 7.21. The number of aromatic nitrogens is 2. The molecule has 30 heavy (non-hydrogen) atoms. The van der Waals surface area contributed by atoms with Crippen LogP contribution in [0.2, 0.25) is 0 Å². The molecule has 3 aromatic rings. The first-order valence-corrected chi connectivity index (χ1v) is 10.3. The molecule has 0 aliphatic rings. The number of fused-ring (bicyclic) bond motifs is 1. The summed E-state index contributed by atoms with van der Waals surface area (Å²) in [7, 11) is 1.69. The van der Waals surface area contributed by atoms with Gasteiger partial charge in [-0.2, -0.15) is 0 Å². The van der Waals surface area contributed by atoms with Crippen molar-refractivity contribution in [3.8, 4) is 0 Å². The van der Waals surface area contributed by atoms with Crippen LogP contribution in [0.15, 0.2) is 30.6 Å². The zero-order valence-corrected chi connectivity index (χ0v) is 18.5. The lowest BCUT2D eigenvalue weighted by Gasteiger charge is -2.17. The van der Waals surface area contributed by atoms with Crippen LogP contribution >= 0.6 is 22.6 Å². The molecule has 0 bridgehead atoms. The second-order valence-corrected chi connectivity index (χ2v) is 7.95. The highest BCUT2D eigenvalue weighted by Gasteiger charge is 2.22. The summed E-state index contributed by atoms with van der Waals surface area (Å²) < 4.78 is 37.2. The van der Waals surface area contributed by atoms with Gasteiger partial charge in [-0.1, -0.05) is 0 Å². The van der Waals surface area contributed by atoms with Gasteiger partial charge in [-0.25, -0.2) is 13.8 Å². The normalized spacial score (nSPS) is 12.2. The molecule has 3 rings (SSSR count). The number of rotatable bonds is 8. The van der Waals surface area contributed by atoms with Crippen LogP contribution in [-0.2, 0) is 11.8 Å². The summed E-state index contributed by atoms with van der Waals surface area (Å²) in [6.07, 6.45) is 1.09. The van der Waals surface area contributed by atoms with E-state index in [4.69, 9.17) is 9.84 Å². The van der Waals surface area contributed by atoms with Crippen molar-refractivity contribution in [1.82, 2.24) is 14.9 Å². The van der Waals surface area contributed by atoms with Gasteiger partial charge in [0.25, 0.3) is 5.91 Å². The summed E-state index contributed by atoms with van der Waals surface area (Å²) >= 11 is 1.97. The SMILES string of the molecule is CC(CNC(=O)c1cc2c(ncn2C)c(F)c1Nc1ccc(I)cc1F)OCCO. The standard InChI is InChI=1S/C20H21F2IN4O3/c1-11(30-6-5-28)9-24-20(29)13-8-16-19(25-10-27(16)2)17(22)18(13)26-15-4-3-12(23)7-14(15)21/h3-4,7-8,10-11,26,28H,5-6,9H2,1-2H3,(H,24,29). The smallest absolute Gasteiger partial charge is 0.253 e. The minimum atomic E-state index is -0.749. The minimum Gasteiger partial charge on any atom is -0.394 e. The Labute approximate surface area is 185 Å². The van der Waals surface area contributed by atoms with E-state index in [0.717, 1.165) is 0 Å². The molecule has 1 heterocycles. The highest BCUT2D eigenvalue weighted by Crippen LogP contribution is 2.31. The van der Waals surface area contributed by atoms with E-state index in [1.165, 1.54) is 24.5 Å². The van der Waals surface area contributed by atoms with Crippen LogP contribution < -0.4 is 10.6 Å². The fourth-order valence-electron chi connectivity index (χ4n) is 2.90. The predicted molar refractivity (Wildman–Crippen MR) is 118 cm³/mol. The quantitative estimate of drug-likeness (QED) is 0.389. The zero-order chi connectivity index (χ0) is 21.8. The Morgan fingerprint density at radius 2 is 2.13 bits per heavy atom. The second-order valence-electron chi connectivity index (χ2n) is 6.70. The van der Waals surface area contributed by atoms with Crippen molar-refractivity contribution in [2.75, 3.05) is 25.1 Å². The lowest BCUT2D eigenvalue weighted by atomic mass is 10.1. The molecule has 7 nitrogen and oxygen atoms in total. The summed E-state index contributed by atoms with van der Waals surface area (Å²) in [5, 5.41) is 14.2. The molecular weight excluding hydrogens is 509 g/mol. The Hall–Kier alpha value is -2.31. The maximum Gasteiger partial charge on any atom is 0.253 e. The van der Waals surface area contributed by atoms with E-state index in [-0.39, 0.29) is 48.3 Å². The zero-order valence-electron chi connectivity index (χ0n) is 16.4. The Morgan fingerprint density at radius 1 is 1.37 bits per heavy atom. The summed E-state index contributed by atoms with van der Waals surface area (Å²) in [6.45, 7) is 1.91. The molecule has 0 radical (unpaired) electrons. The van der Waals surface area contributed by atoms with Gasteiger partial charge in [0, 0.05) is 17.2 Å². The van der Waals surface area contributed by atoms with Gasteiger partial charge in [0.05, 0.1) is 48.1 Å². The lowest BCUT2D eigenvalue weighted by Crippen LogP contribution is -2.33. The number of aliphatic hydroxyl groups excluding tert-OH is 1. The van der Waals surface area contributed by atoms with Crippen molar-refractivity contribution in [2.45, 2.75) is 13.0 Å². The summed E-state index contributed by atoms with van der Waals surface area (Å²) in [4.78, 5) is 16.9. The molecule has 0 saturated heterocycles. The Balaban J connectivity index is 1.97. The lowest BCUT2D eigenvalue weighted by molar-refractivity contribution is 0.0386. The maximum atomic E-state index is 15.3. The predicted octanol–water partition coefficient (Wildman–Crippen LogP) is 3.33. The summed E-state index contributed by atoms with van der Waals surface area (Å²) in [6, 6.07) is 5.96. The van der Waals surface area contributed by atoms with Crippen molar-refractivity contribution in [1.29, 1.82) is 0 Å². The maximum absolute atomic E-state index is 15.3. The Bertz CT molecular complexity index is 1070. The number of hydrogen-bond acceptors (Lipinski definition) is 5. The molecular formula is C20H21F2IN4O3. The van der Waals surface area contributed by atoms with Crippen LogP contribution in [0.5, 0.6) is 0 Å². The summed E-state index contributed by atoms with van der Waals surface area (Å²) in [5.41, 5.74) is 0.384. The number of carbonyl (C=O) groups is 1. The topological polar surface area (TPSA) is 88.4 Å². The number of benzene rings is 2. The van der Waals surface area contributed by atoms with Crippen molar-refractivity contribution in [2.24, 2.45) is 7.05 Å². The van der Waals surface area contributed by atoms with E-state index in [1.54, 1.807) is 24.6 Å². The number of hydrogen-bond donors (Lipinski definition) is 3. The van der Waals surface area contributed by atoms with Crippen LogP contribution in [0.1, 0.15) is 17.3 Å². The molecule has 1 amide bonds. The number of halogens is 3. The molecule has 2 aromatic carbocycles. The number of imidazole rings is 1. The van der Waals surface area contributed by atoms with Gasteiger partial charge in [-0.15, -0.1) is 0 Å². The highest BCUT2D eigenvalue weighted by molar-refractivity contribution is 14.1. The van der Waals surface area contributed by atoms with E-state index in [9.17, 15) is 9.18 Å². The van der Waals surface area contributed by atoms with Crippen molar-refractivity contribution in [3.63, 3.8) is 0 Å². The van der Waals surface area contributed by atoms with E-state index < -0.39 is 17.5 Å². The van der Waals surface area contributed by atoms with Crippen LogP contribution in [0.25, 0.3) is 11.0 Å². The van der Waals surface area contributed by atoms with Gasteiger partial charge in [0.1, 0.15) is 11.3 Å². The molecule has 0 spiro atoms. The van der Waals surface area contributed by atoms with Gasteiger partial charge in [0.15, 0.2) is 5.82 Å². The van der Waals surface area contributed by atoms with Gasteiger partial charge < -0.3 is 25.0 Å². The first kappa shape index (κ1) is 22.4. The van der Waals surface area contributed by atoms with Crippen molar-refractivity contribution < 1.29 is 23.4 Å². The molecule has 160 valence electrons. The third-order valence-corrected chi connectivity index (χ3v) is 5.11. The number of ether oxygens (including phenoxy) is 1. The molecule has 0 aliphatic carbocycles. The van der Waals surface area contributed by atoms with Crippen LogP contribution in [0, 0.1) is 15.2 Å². The molecule has 1 atom stereocenters. The van der Waals surface area contributed by atoms with Crippen molar-refractivity contribution in [3.05, 3.63) is 51.4 Å². The monoisotopic (exact) mass is 530 g/mol. The van der Waals surface area contributed by atoms with Gasteiger partial charge >= 0.3 is 0 Å². The third-order valence-electron chi connectivity index (χ3n) is 4.44. The number of aryl methyl sites for hydroxylation is 1. The molecule has 1 unspecified atom stereocenters. The first-order valence-electron chi connectivity index (χ1n) is 9.18. The van der Waals surface area contributed by atoms with Crippen molar-refractivity contribution >= 4 is 50.9 Å². The largest absolute Gasteiger partial charge is 0.394 e. The van der Waals surface area contributed by atoms with E-state index in [1.807, 2.05) is 22.6 Å². The average molecular weight is 530 g/mol. The van der Waals surface area contributed by atoms with Crippen LogP contribution in [0.4, 0.5) is 20.2 Å². The van der Waals surface area contributed by atoms with E-state index >= 15 is 4.39 Å². The molecule has 10 heteroatoms. The number of anilines is 2. The minimum absolute atomic E-state index is 0.0101. The molecule has 0 saturated carbocycles. The van der Waals surface area contributed by atoms with E-state index in [0.29, 0.717) is 9.09 Å². The highest BCUT2D eigenvalue weighted by atomic mass is 127. The van der Waals surface area contributed by atoms with Gasteiger partial charge in [0.2, 0.25) is 0 Å². The number of amides is 1. The molecule has 0 aliphatic heterocycles. The Morgan fingerprint density at radius 3 is 2.83 bits per heavy atom. The van der Waals surface area contributed by atoms with Gasteiger partial charge in [-0.3, -0.25) is 4.79 Å². The average Bonchev–Trinajstić information content (AvgIpc) is 3.09. The fourth-order valence-corrected chi connectivity index (χ4v) is 3.35. The number of aliphatic hydroxyl groups is 1. The number of carbonyl (C=O) groups excluding carboxylic acids is 1.